The van der Waals surface area contributed by atoms with Crippen molar-refractivity contribution in [1.82, 2.24) is 0 Å². The van der Waals surface area contributed by atoms with Gasteiger partial charge >= 0.3 is 0 Å². The fraction of sp³-hybridized carbons (Fsp3) is 0. The number of hydrogen-bond acceptors (Lipinski definition) is 0. The van der Waals surface area contributed by atoms with Gasteiger partial charge in [0.2, 0.25) is 0 Å². The van der Waals surface area contributed by atoms with Crippen LogP contribution in [0.15, 0.2) is 0 Å². The minimum atomic E-state index is 0. The summed E-state index contributed by atoms with van der Waals surface area (Å²) in [5, 5.41) is 0. The Kier molecular flexibility index (Phi) is 226. The normalized spacial score (nSPS) is 0. The molecular weight excluding hydrogens is 170 g/mol. The third-order valence-corrected chi connectivity index (χ3v) is 0. The molecule has 0 aliphatic heterocycles. The van der Waals surface area contributed by atoms with Gasteiger partial charge in [0.1, 0.15) is 0 Å². The first-order valence-corrected chi connectivity index (χ1v) is 0. The molecule has 0 aromatic heterocycles. The predicted molar refractivity (Wildman–Crippen MR) is 19.9 cm³/mol. The maximum Gasteiger partial charge on any atom is 0.187 e. The summed E-state index contributed by atoms with van der Waals surface area (Å²) in [5.41, 5.74) is 0. The molecule has 0 aromatic rings. The fourth-order valence-corrected chi connectivity index (χ4v) is 0. The van der Waals surface area contributed by atoms with E-state index in [4.69, 9.17) is 0 Å². The molecule has 4 heavy (non-hydrogen) atoms. The molecule has 30 valence electrons. The van der Waals surface area contributed by atoms with Crippen molar-refractivity contribution < 1.29 is 33.8 Å². The van der Waals surface area contributed by atoms with Crippen molar-refractivity contribution >= 4 is 28.3 Å². The van der Waals surface area contributed by atoms with Crippen molar-refractivity contribution in [2.45, 2.75) is 0 Å². The number of rotatable bonds is 0. The first-order valence-electron chi connectivity index (χ1n) is 0. The number of hydrogen-bond donors (Lipinski definition) is 0. The van der Waals surface area contributed by atoms with E-state index in [0.29, 0.717) is 0 Å². The zero-order valence-electron chi connectivity index (χ0n) is 1.69. The molecule has 0 rings (SSSR count). The van der Waals surface area contributed by atoms with E-state index in [2.05, 4.69) is 0 Å². The fourth-order valence-electron chi connectivity index (χ4n) is 0. The zero-order valence-corrected chi connectivity index (χ0v) is 5.83. The van der Waals surface area contributed by atoms with Gasteiger partial charge in [0, 0.05) is 33.8 Å². The summed E-state index contributed by atoms with van der Waals surface area (Å²) >= 11 is 0. The van der Waals surface area contributed by atoms with E-state index in [1.165, 1.54) is 0 Å². The maximum atomic E-state index is 0. The average Bonchev–Trinajstić information content (AvgIpc) is 0. The van der Waals surface area contributed by atoms with Crippen LogP contribution in [-0.4, -0.2) is 28.3 Å². The maximum absolute atomic E-state index is 0. The Bertz CT molecular complexity index is 8.00. The van der Waals surface area contributed by atoms with Gasteiger partial charge in [-0.15, -0.1) is 0 Å². The first-order chi connectivity index (χ1) is 0. The topological polar surface area (TPSA) is 0 Å². The summed E-state index contributed by atoms with van der Waals surface area (Å²) in [6.45, 7) is 0. The largest absolute Gasteiger partial charge is 0.187 e. The smallest absolute Gasteiger partial charge is 0.0125 e. The molecule has 0 amide bonds. The van der Waals surface area contributed by atoms with Gasteiger partial charge in [-0.25, -0.2) is 0 Å². The van der Waals surface area contributed by atoms with E-state index >= 15 is 0 Å². The van der Waals surface area contributed by atoms with Crippen LogP contribution in [0.3, 0.4) is 0 Å². The minimum Gasteiger partial charge on any atom is -0.0125 e. The minimum absolute atomic E-state index is 0. The molecule has 0 fully saturated rings. The molecular formula is H6AlCoFeSi. The molecule has 4 heteroatoms. The molecule has 0 heterocycles. The summed E-state index contributed by atoms with van der Waals surface area (Å²) in [6, 6.07) is 0. The second kappa shape index (κ2) is 21.6. The van der Waals surface area contributed by atoms with Crippen molar-refractivity contribution in [3.63, 3.8) is 0 Å². The van der Waals surface area contributed by atoms with Gasteiger partial charge < -0.3 is 0 Å². The van der Waals surface area contributed by atoms with Crippen molar-refractivity contribution in [3.8, 4) is 0 Å². The average molecular weight is 176 g/mol. The van der Waals surface area contributed by atoms with Gasteiger partial charge in [0.15, 0.2) is 17.4 Å². The van der Waals surface area contributed by atoms with Crippen molar-refractivity contribution in [3.05, 3.63) is 0 Å². The van der Waals surface area contributed by atoms with E-state index in [1.54, 1.807) is 0 Å². The van der Waals surface area contributed by atoms with E-state index in [9.17, 15) is 0 Å². The predicted octanol–water partition coefficient (Wildman–Crippen LogP) is -2.37. The Morgan fingerprint density at radius 3 is 1.00 bits per heavy atom. The zero-order chi connectivity index (χ0) is 0. The van der Waals surface area contributed by atoms with Crippen LogP contribution >= 0.6 is 0 Å². The second-order valence-corrected chi connectivity index (χ2v) is 0. The molecule has 0 N–H and O–H groups in total. The molecule has 0 saturated heterocycles. The molecule has 0 aliphatic rings. The molecule has 0 nitrogen and oxygen atoms in total. The quantitative estimate of drug-likeness (QED) is 0.362. The van der Waals surface area contributed by atoms with Gasteiger partial charge in [0.05, 0.1) is 0 Å². The van der Waals surface area contributed by atoms with Crippen LogP contribution in [-0.2, 0) is 33.8 Å². The van der Waals surface area contributed by atoms with Crippen LogP contribution in [0.4, 0.5) is 0 Å². The van der Waals surface area contributed by atoms with Crippen LogP contribution < -0.4 is 0 Å². The third-order valence-electron chi connectivity index (χ3n) is 0. The second-order valence-electron chi connectivity index (χ2n) is 0. The third kappa shape index (κ3) is 9.23. The molecule has 0 spiro atoms. The van der Waals surface area contributed by atoms with Gasteiger partial charge in [-0.1, -0.05) is 0 Å². The van der Waals surface area contributed by atoms with Gasteiger partial charge in [0.25, 0.3) is 0 Å². The Morgan fingerprint density at radius 2 is 1.00 bits per heavy atom. The van der Waals surface area contributed by atoms with Crippen LogP contribution in [0.1, 0.15) is 0 Å². The Hall–Kier alpha value is 1.78. The summed E-state index contributed by atoms with van der Waals surface area (Å²) in [5.74, 6) is 0. The molecule has 0 unspecified atom stereocenters. The summed E-state index contributed by atoms with van der Waals surface area (Å²) in [4.78, 5) is 0. The molecule has 0 bridgehead atoms. The van der Waals surface area contributed by atoms with Crippen LogP contribution in [0, 0.1) is 0 Å². The van der Waals surface area contributed by atoms with Crippen molar-refractivity contribution in [2.24, 2.45) is 0 Å². The first kappa shape index (κ1) is 41.8. The molecule has 0 saturated carbocycles. The Labute approximate surface area is 61.9 Å². The van der Waals surface area contributed by atoms with E-state index in [0.717, 1.165) is 0 Å². The van der Waals surface area contributed by atoms with E-state index in [-0.39, 0.29) is 62.2 Å². The molecule has 0 aliphatic carbocycles. The summed E-state index contributed by atoms with van der Waals surface area (Å²) in [6.07, 6.45) is 0. The summed E-state index contributed by atoms with van der Waals surface area (Å²) in [7, 11) is 0. The van der Waals surface area contributed by atoms with Crippen molar-refractivity contribution in [2.75, 3.05) is 0 Å². The molecule has 0 atom stereocenters. The standard InChI is InChI=1S/Al.Co.Fe.H3Si.3H/h;;;1H3;;;. The Morgan fingerprint density at radius 1 is 1.00 bits per heavy atom. The van der Waals surface area contributed by atoms with E-state index < -0.39 is 0 Å². The Balaban J connectivity index is 0. The van der Waals surface area contributed by atoms with Crippen LogP contribution in [0.2, 0.25) is 0 Å². The van der Waals surface area contributed by atoms with Crippen LogP contribution in [0.25, 0.3) is 0 Å². The SMILES string of the molecule is [AlH3].[Co].[Fe].[SiH3]. The molecule has 0 aromatic carbocycles. The molecule has 2 radical (unpaired) electrons. The van der Waals surface area contributed by atoms with Crippen LogP contribution in [0.5, 0.6) is 0 Å². The van der Waals surface area contributed by atoms with Crippen molar-refractivity contribution in [1.29, 1.82) is 0 Å². The van der Waals surface area contributed by atoms with Gasteiger partial charge in [-0.3, -0.25) is 0 Å². The monoisotopic (exact) mass is 176 g/mol. The van der Waals surface area contributed by atoms with E-state index in [1.807, 2.05) is 0 Å². The van der Waals surface area contributed by atoms with Gasteiger partial charge in [-0.2, -0.15) is 0 Å². The summed E-state index contributed by atoms with van der Waals surface area (Å²) < 4.78 is 0. The van der Waals surface area contributed by atoms with Gasteiger partial charge in [-0.05, 0) is 11.0 Å².